The van der Waals surface area contributed by atoms with E-state index in [1.54, 1.807) is 32.2 Å². The van der Waals surface area contributed by atoms with Crippen LogP contribution in [0.15, 0.2) is 18.2 Å². The molecule has 8 heteroatoms. The van der Waals surface area contributed by atoms with E-state index in [-0.39, 0.29) is 24.7 Å². The maximum Gasteiger partial charge on any atom is 0.254 e. The zero-order chi connectivity index (χ0) is 18.1. The number of methoxy groups -OCH3 is 1. The van der Waals surface area contributed by atoms with E-state index in [1.165, 1.54) is 19.0 Å². The fourth-order valence-corrected chi connectivity index (χ4v) is 4.01. The second-order valence-electron chi connectivity index (χ2n) is 6.23. The van der Waals surface area contributed by atoms with E-state index in [2.05, 4.69) is 0 Å². The first kappa shape index (κ1) is 18.7. The highest BCUT2D eigenvalue weighted by atomic mass is 32.2. The van der Waals surface area contributed by atoms with Crippen LogP contribution >= 0.6 is 0 Å². The summed E-state index contributed by atoms with van der Waals surface area (Å²) in [6.45, 7) is 2.14. The lowest BCUT2D eigenvalue weighted by Gasteiger charge is -2.19. The number of amides is 1. The molecule has 0 aliphatic carbocycles. The number of rotatable bonds is 5. The van der Waals surface area contributed by atoms with Gasteiger partial charge < -0.3 is 14.7 Å². The van der Waals surface area contributed by atoms with Gasteiger partial charge in [-0.25, -0.2) is 12.7 Å². The molecule has 0 unspecified atom stereocenters. The van der Waals surface area contributed by atoms with Crippen molar-refractivity contribution in [3.05, 3.63) is 29.3 Å². The zero-order valence-corrected chi connectivity index (χ0v) is 15.2. The van der Waals surface area contributed by atoms with Gasteiger partial charge >= 0.3 is 0 Å². The Kier molecular flexibility index (Phi) is 5.52. The number of β-amino-alcohol motifs (C(OH)–C–C–N with tert-alkyl or cyclic N) is 1. The molecule has 0 saturated carbocycles. The van der Waals surface area contributed by atoms with Crippen molar-refractivity contribution in [3.8, 4) is 5.75 Å². The van der Waals surface area contributed by atoms with Gasteiger partial charge in [0.2, 0.25) is 10.0 Å². The maximum atomic E-state index is 12.7. The van der Waals surface area contributed by atoms with Crippen LogP contribution in [0.3, 0.4) is 0 Å². The molecule has 0 aromatic heterocycles. The normalized spacial score (nSPS) is 21.3. The molecular formula is C16H24N2O5S. The molecule has 1 amide bonds. The lowest BCUT2D eigenvalue weighted by molar-refractivity contribution is 0.0763. The highest BCUT2D eigenvalue weighted by Gasteiger charge is 2.38. The second kappa shape index (κ2) is 7.08. The highest BCUT2D eigenvalue weighted by Crippen LogP contribution is 2.26. The van der Waals surface area contributed by atoms with Gasteiger partial charge in [0, 0.05) is 44.2 Å². The van der Waals surface area contributed by atoms with Crippen molar-refractivity contribution in [2.24, 2.45) is 5.92 Å². The number of likely N-dealkylation sites (tertiary alicyclic amines) is 1. The van der Waals surface area contributed by atoms with E-state index in [0.717, 1.165) is 9.87 Å². The summed E-state index contributed by atoms with van der Waals surface area (Å²) in [7, 11) is 1.02. The summed E-state index contributed by atoms with van der Waals surface area (Å²) in [5.74, 6) is -0.281. The SMILES string of the molecule is COc1cccc(C(=O)N2C[C@@H](CS(=O)(=O)N(C)C)[C@H](O)C2)c1C. The predicted molar refractivity (Wildman–Crippen MR) is 90.6 cm³/mol. The van der Waals surface area contributed by atoms with Gasteiger partial charge in [-0.3, -0.25) is 4.79 Å². The number of hydrogen-bond donors (Lipinski definition) is 1. The molecule has 0 spiro atoms. The third-order valence-electron chi connectivity index (χ3n) is 4.41. The number of carbonyl (C=O) groups is 1. The van der Waals surface area contributed by atoms with Crippen molar-refractivity contribution in [1.82, 2.24) is 9.21 Å². The lowest BCUT2D eigenvalue weighted by atomic mass is 10.1. The van der Waals surface area contributed by atoms with Gasteiger partial charge in [-0.2, -0.15) is 0 Å². The third kappa shape index (κ3) is 3.71. The van der Waals surface area contributed by atoms with Gasteiger partial charge in [-0.1, -0.05) is 6.07 Å². The molecule has 1 saturated heterocycles. The van der Waals surface area contributed by atoms with E-state index in [0.29, 0.717) is 11.3 Å². The Balaban J connectivity index is 2.16. The standard InChI is InChI=1S/C16H24N2O5S/c1-11-13(6-5-7-15(11)23-4)16(20)18-8-12(14(19)9-18)10-24(21,22)17(2)3/h5-7,12,14,19H,8-10H2,1-4H3/t12-,14+/m0/s1. The molecule has 1 aliphatic heterocycles. The van der Waals surface area contributed by atoms with Crippen molar-refractivity contribution < 1.29 is 23.1 Å². The van der Waals surface area contributed by atoms with Crippen LogP contribution < -0.4 is 4.74 Å². The topological polar surface area (TPSA) is 87.2 Å². The Morgan fingerprint density at radius 1 is 1.38 bits per heavy atom. The van der Waals surface area contributed by atoms with Crippen molar-refractivity contribution >= 4 is 15.9 Å². The van der Waals surface area contributed by atoms with Gasteiger partial charge in [-0.05, 0) is 19.1 Å². The van der Waals surface area contributed by atoms with E-state index in [4.69, 9.17) is 4.74 Å². The van der Waals surface area contributed by atoms with Crippen LogP contribution in [0.5, 0.6) is 5.75 Å². The Hall–Kier alpha value is -1.64. The number of benzene rings is 1. The number of sulfonamides is 1. The Morgan fingerprint density at radius 2 is 2.04 bits per heavy atom. The minimum absolute atomic E-state index is 0.128. The summed E-state index contributed by atoms with van der Waals surface area (Å²) in [6.07, 6.45) is -0.852. The number of nitrogens with zero attached hydrogens (tertiary/aromatic N) is 2. The average Bonchev–Trinajstić information content (AvgIpc) is 2.87. The first-order valence-corrected chi connectivity index (χ1v) is 9.29. The fraction of sp³-hybridized carbons (Fsp3) is 0.562. The van der Waals surface area contributed by atoms with Gasteiger partial charge in [0.15, 0.2) is 0 Å². The van der Waals surface area contributed by atoms with Crippen LogP contribution in [0.2, 0.25) is 0 Å². The number of aliphatic hydroxyl groups excluding tert-OH is 1. The summed E-state index contributed by atoms with van der Waals surface area (Å²) in [6, 6.07) is 5.22. The third-order valence-corrected chi connectivity index (χ3v) is 6.37. The van der Waals surface area contributed by atoms with Crippen molar-refractivity contribution in [3.63, 3.8) is 0 Å². The van der Waals surface area contributed by atoms with E-state index >= 15 is 0 Å². The maximum absolute atomic E-state index is 12.7. The molecule has 0 radical (unpaired) electrons. The molecule has 24 heavy (non-hydrogen) atoms. The molecule has 7 nitrogen and oxygen atoms in total. The minimum atomic E-state index is -3.43. The second-order valence-corrected chi connectivity index (χ2v) is 8.46. The average molecular weight is 356 g/mol. The molecule has 1 aliphatic rings. The first-order chi connectivity index (χ1) is 11.2. The molecule has 2 atom stereocenters. The summed E-state index contributed by atoms with van der Waals surface area (Å²) in [4.78, 5) is 14.2. The van der Waals surface area contributed by atoms with Crippen molar-refractivity contribution in [2.45, 2.75) is 13.0 Å². The molecule has 1 N–H and O–H groups in total. The molecule has 2 rings (SSSR count). The Bertz CT molecular complexity index is 717. The van der Waals surface area contributed by atoms with Gasteiger partial charge in [0.05, 0.1) is 19.0 Å². The summed E-state index contributed by atoms with van der Waals surface area (Å²) in [5, 5.41) is 10.2. The van der Waals surface area contributed by atoms with Gasteiger partial charge in [0.1, 0.15) is 5.75 Å². The molecule has 1 aromatic carbocycles. The predicted octanol–water partition coefficient (Wildman–Crippen LogP) is 0.328. The Labute approximate surface area is 142 Å². The summed E-state index contributed by atoms with van der Waals surface area (Å²) in [5.41, 5.74) is 1.22. The van der Waals surface area contributed by atoms with Crippen LogP contribution in [-0.4, -0.2) is 74.8 Å². The number of ether oxygens (including phenoxy) is 1. The van der Waals surface area contributed by atoms with Crippen LogP contribution in [0, 0.1) is 12.8 Å². The smallest absolute Gasteiger partial charge is 0.254 e. The lowest BCUT2D eigenvalue weighted by Crippen LogP contribution is -2.33. The van der Waals surface area contributed by atoms with Crippen LogP contribution in [0.25, 0.3) is 0 Å². The Morgan fingerprint density at radius 3 is 2.62 bits per heavy atom. The number of aliphatic hydroxyl groups is 1. The van der Waals surface area contributed by atoms with Crippen LogP contribution in [0.4, 0.5) is 0 Å². The van der Waals surface area contributed by atoms with E-state index < -0.39 is 22.0 Å². The molecule has 1 aromatic rings. The van der Waals surface area contributed by atoms with E-state index in [1.807, 2.05) is 0 Å². The minimum Gasteiger partial charge on any atom is -0.496 e. The largest absolute Gasteiger partial charge is 0.496 e. The molecule has 1 fully saturated rings. The first-order valence-electron chi connectivity index (χ1n) is 7.68. The van der Waals surface area contributed by atoms with Crippen molar-refractivity contribution in [2.75, 3.05) is 40.0 Å². The molecule has 0 bridgehead atoms. The molecular weight excluding hydrogens is 332 g/mol. The van der Waals surface area contributed by atoms with Gasteiger partial charge in [0.25, 0.3) is 5.91 Å². The van der Waals surface area contributed by atoms with Crippen LogP contribution in [-0.2, 0) is 10.0 Å². The number of carbonyl (C=O) groups excluding carboxylic acids is 1. The van der Waals surface area contributed by atoms with Crippen LogP contribution in [0.1, 0.15) is 15.9 Å². The molecule has 134 valence electrons. The highest BCUT2D eigenvalue weighted by molar-refractivity contribution is 7.89. The van der Waals surface area contributed by atoms with E-state index in [9.17, 15) is 18.3 Å². The number of hydrogen-bond acceptors (Lipinski definition) is 5. The summed E-state index contributed by atoms with van der Waals surface area (Å²) < 4.78 is 30.4. The fourth-order valence-electron chi connectivity index (χ4n) is 2.84. The van der Waals surface area contributed by atoms with Crippen molar-refractivity contribution in [1.29, 1.82) is 0 Å². The zero-order valence-electron chi connectivity index (χ0n) is 14.4. The summed E-state index contributed by atoms with van der Waals surface area (Å²) >= 11 is 0. The molecule has 1 heterocycles. The monoisotopic (exact) mass is 356 g/mol. The quantitative estimate of drug-likeness (QED) is 0.821. The van der Waals surface area contributed by atoms with Gasteiger partial charge in [-0.15, -0.1) is 0 Å².